The number of benzene rings is 2. The van der Waals surface area contributed by atoms with Crippen molar-refractivity contribution in [2.45, 2.75) is 69.7 Å². The summed E-state index contributed by atoms with van der Waals surface area (Å²) in [6, 6.07) is 6.12. The van der Waals surface area contributed by atoms with Gasteiger partial charge in [-0.2, -0.15) is 0 Å². The molecule has 1 aliphatic heterocycles. The minimum Gasteiger partial charge on any atom is -0.507 e. The van der Waals surface area contributed by atoms with Crippen LogP contribution in [0.1, 0.15) is 82.2 Å². The van der Waals surface area contributed by atoms with Crippen molar-refractivity contribution in [2.75, 3.05) is 0 Å². The molecule has 5 rings (SSSR count). The maximum absolute atomic E-state index is 13.3. The zero-order valence-corrected chi connectivity index (χ0v) is 19.3. The molecule has 0 spiro atoms. The maximum atomic E-state index is 13.3. The summed E-state index contributed by atoms with van der Waals surface area (Å²) in [6.07, 6.45) is -3.05. The summed E-state index contributed by atoms with van der Waals surface area (Å²) in [7, 11) is 0. The summed E-state index contributed by atoms with van der Waals surface area (Å²) in [5.41, 5.74) is -2.42. The minimum absolute atomic E-state index is 0.0281. The van der Waals surface area contributed by atoms with Gasteiger partial charge in [0.25, 0.3) is 0 Å². The van der Waals surface area contributed by atoms with Gasteiger partial charge < -0.3 is 29.9 Å². The Balaban J connectivity index is 1.67. The second kappa shape index (κ2) is 8.23. The van der Waals surface area contributed by atoms with Gasteiger partial charge >= 0.3 is 0 Å². The van der Waals surface area contributed by atoms with Crippen molar-refractivity contribution < 1.29 is 44.3 Å². The normalized spacial score (nSPS) is 29.8. The molecule has 4 N–H and O–H groups in total. The highest BCUT2D eigenvalue weighted by Crippen LogP contribution is 2.51. The number of carbonyl (C=O) groups excluding carboxylic acids is 3. The van der Waals surface area contributed by atoms with E-state index in [-0.39, 0.29) is 46.2 Å². The Hall–Kier alpha value is -3.11. The SMILES string of the molecule is CC(=O)[C@]1(O)Cc2c(O)c3c(c(O)c2[C@@H](OC2CC[C@H](O)[C@H](C)O2)C1)C(=O)c1ccccc1C3=O. The monoisotopic (exact) mass is 482 g/mol. The van der Waals surface area contributed by atoms with Gasteiger partial charge in [0, 0.05) is 41.5 Å². The highest BCUT2D eigenvalue weighted by atomic mass is 16.7. The molecule has 0 saturated carbocycles. The van der Waals surface area contributed by atoms with E-state index in [0.717, 1.165) is 0 Å². The van der Waals surface area contributed by atoms with E-state index >= 15 is 0 Å². The molecule has 5 atom stereocenters. The van der Waals surface area contributed by atoms with Crippen molar-refractivity contribution in [3.8, 4) is 11.5 Å². The molecule has 1 saturated heterocycles. The lowest BCUT2D eigenvalue weighted by atomic mass is 9.72. The molecular weight excluding hydrogens is 456 g/mol. The molecular formula is C26H26O9. The van der Waals surface area contributed by atoms with Crippen LogP contribution in [0.4, 0.5) is 0 Å². The first kappa shape index (κ1) is 23.6. The Morgan fingerprint density at radius 1 is 1.06 bits per heavy atom. The molecule has 184 valence electrons. The Labute approximate surface area is 200 Å². The lowest BCUT2D eigenvalue weighted by molar-refractivity contribution is -0.243. The molecule has 0 amide bonds. The second-order valence-corrected chi connectivity index (χ2v) is 9.55. The van der Waals surface area contributed by atoms with Crippen LogP contribution in [0.5, 0.6) is 11.5 Å². The fourth-order valence-electron chi connectivity index (χ4n) is 5.29. The van der Waals surface area contributed by atoms with E-state index in [4.69, 9.17) is 9.47 Å². The van der Waals surface area contributed by atoms with Crippen LogP contribution in [-0.4, -0.2) is 61.9 Å². The van der Waals surface area contributed by atoms with E-state index in [9.17, 15) is 34.8 Å². The number of phenols is 2. The zero-order chi connectivity index (χ0) is 25.2. The predicted octanol–water partition coefficient (Wildman–Crippen LogP) is 2.08. The topological polar surface area (TPSA) is 151 Å². The van der Waals surface area contributed by atoms with Gasteiger partial charge in [0.05, 0.1) is 29.4 Å². The summed E-state index contributed by atoms with van der Waals surface area (Å²) < 4.78 is 11.8. The molecule has 0 bridgehead atoms. The molecule has 0 aromatic heterocycles. The van der Waals surface area contributed by atoms with Crippen molar-refractivity contribution in [1.82, 2.24) is 0 Å². The lowest BCUT2D eigenvalue weighted by Gasteiger charge is -2.41. The number of hydrogen-bond donors (Lipinski definition) is 4. The van der Waals surface area contributed by atoms with Crippen LogP contribution < -0.4 is 0 Å². The summed E-state index contributed by atoms with van der Waals surface area (Å²) >= 11 is 0. The van der Waals surface area contributed by atoms with Gasteiger partial charge in [-0.15, -0.1) is 0 Å². The number of fused-ring (bicyclic) bond motifs is 3. The van der Waals surface area contributed by atoms with E-state index in [1.165, 1.54) is 19.1 Å². The molecule has 1 unspecified atom stereocenters. The van der Waals surface area contributed by atoms with Crippen LogP contribution in [-0.2, 0) is 20.7 Å². The van der Waals surface area contributed by atoms with E-state index < -0.39 is 59.1 Å². The van der Waals surface area contributed by atoms with Gasteiger partial charge in [0.1, 0.15) is 17.1 Å². The molecule has 2 aromatic rings. The van der Waals surface area contributed by atoms with Crippen LogP contribution in [0.15, 0.2) is 24.3 Å². The first-order chi connectivity index (χ1) is 16.5. The van der Waals surface area contributed by atoms with E-state index in [1.54, 1.807) is 19.1 Å². The number of aliphatic hydroxyl groups is 2. The fourth-order valence-corrected chi connectivity index (χ4v) is 5.29. The number of Topliss-reactive ketones (excluding diaryl/α,β-unsaturated/α-hetero) is 1. The maximum Gasteiger partial charge on any atom is 0.198 e. The Morgan fingerprint density at radius 2 is 1.66 bits per heavy atom. The van der Waals surface area contributed by atoms with Crippen LogP contribution in [0.2, 0.25) is 0 Å². The van der Waals surface area contributed by atoms with Crippen LogP contribution >= 0.6 is 0 Å². The zero-order valence-electron chi connectivity index (χ0n) is 19.3. The average Bonchev–Trinajstić information content (AvgIpc) is 2.82. The van der Waals surface area contributed by atoms with Gasteiger partial charge in [-0.3, -0.25) is 14.4 Å². The van der Waals surface area contributed by atoms with Gasteiger partial charge in [0.2, 0.25) is 0 Å². The second-order valence-electron chi connectivity index (χ2n) is 9.55. The average molecular weight is 482 g/mol. The predicted molar refractivity (Wildman–Crippen MR) is 120 cm³/mol. The van der Waals surface area contributed by atoms with Crippen molar-refractivity contribution in [2.24, 2.45) is 0 Å². The number of ketones is 3. The Kier molecular flexibility index (Phi) is 5.56. The standard InChI is InChI=1S/C26H26O9/c1-11-16(28)7-8-18(34-11)35-17-10-26(33,12(2)27)9-15-19(17)25(32)21-20(24(15)31)22(29)13-5-3-4-6-14(13)23(21)30/h3-6,11,16-18,28,31-33H,7-10H2,1-2H3/t11-,16-,17-,18?,26-/m0/s1. The highest BCUT2D eigenvalue weighted by molar-refractivity contribution is 6.30. The van der Waals surface area contributed by atoms with Crippen molar-refractivity contribution in [3.05, 3.63) is 57.6 Å². The summed E-state index contributed by atoms with van der Waals surface area (Å²) in [6.45, 7) is 2.89. The Morgan fingerprint density at radius 3 is 2.23 bits per heavy atom. The van der Waals surface area contributed by atoms with Gasteiger partial charge in [-0.1, -0.05) is 24.3 Å². The largest absolute Gasteiger partial charge is 0.507 e. The number of carbonyl (C=O) groups is 3. The number of phenolic OH excluding ortho intramolecular Hbond substituents is 2. The first-order valence-electron chi connectivity index (χ1n) is 11.5. The van der Waals surface area contributed by atoms with Crippen LogP contribution in [0.25, 0.3) is 0 Å². The molecule has 1 fully saturated rings. The minimum atomic E-state index is -1.94. The lowest BCUT2D eigenvalue weighted by Crippen LogP contribution is -2.46. The Bertz CT molecular complexity index is 1270. The number of aliphatic hydroxyl groups excluding tert-OH is 1. The molecule has 9 nitrogen and oxygen atoms in total. The smallest absolute Gasteiger partial charge is 0.198 e. The number of hydrogen-bond acceptors (Lipinski definition) is 9. The highest BCUT2D eigenvalue weighted by Gasteiger charge is 2.48. The number of aromatic hydroxyl groups is 2. The van der Waals surface area contributed by atoms with Gasteiger partial charge in [0.15, 0.2) is 23.6 Å². The summed E-state index contributed by atoms with van der Waals surface area (Å²) in [5, 5.41) is 43.6. The molecule has 3 aliphatic rings. The molecule has 9 heteroatoms. The van der Waals surface area contributed by atoms with Crippen molar-refractivity contribution >= 4 is 17.3 Å². The van der Waals surface area contributed by atoms with Crippen molar-refractivity contribution in [1.29, 1.82) is 0 Å². The third kappa shape index (κ3) is 3.58. The van der Waals surface area contributed by atoms with E-state index in [2.05, 4.69) is 0 Å². The van der Waals surface area contributed by atoms with Gasteiger partial charge in [-0.25, -0.2) is 0 Å². The van der Waals surface area contributed by atoms with E-state index in [1.807, 2.05) is 0 Å². The van der Waals surface area contributed by atoms with Crippen molar-refractivity contribution in [3.63, 3.8) is 0 Å². The van der Waals surface area contributed by atoms with Gasteiger partial charge in [-0.05, 0) is 20.3 Å². The van der Waals surface area contributed by atoms with Crippen LogP contribution in [0.3, 0.4) is 0 Å². The third-order valence-electron chi connectivity index (χ3n) is 7.35. The third-order valence-corrected chi connectivity index (χ3v) is 7.35. The van der Waals surface area contributed by atoms with E-state index in [0.29, 0.717) is 12.8 Å². The summed E-state index contributed by atoms with van der Waals surface area (Å²) in [5.74, 6) is -2.93. The number of rotatable bonds is 3. The number of ether oxygens (including phenoxy) is 2. The molecule has 1 heterocycles. The molecule has 2 aliphatic carbocycles. The molecule has 0 radical (unpaired) electrons. The molecule has 35 heavy (non-hydrogen) atoms. The fraction of sp³-hybridized carbons (Fsp3) is 0.423. The quantitative estimate of drug-likeness (QED) is 0.411. The molecule has 2 aromatic carbocycles. The summed E-state index contributed by atoms with van der Waals surface area (Å²) in [4.78, 5) is 38.9. The first-order valence-corrected chi connectivity index (χ1v) is 11.5. The van der Waals surface area contributed by atoms with Crippen LogP contribution in [0, 0.1) is 0 Å².